The molecule has 0 radical (unpaired) electrons. The zero-order valence-corrected chi connectivity index (χ0v) is 18.2. The van der Waals surface area contributed by atoms with Crippen molar-refractivity contribution in [1.82, 2.24) is 15.1 Å². The highest BCUT2D eigenvalue weighted by molar-refractivity contribution is 5.94. The van der Waals surface area contributed by atoms with Crippen LogP contribution in [0.4, 0.5) is 5.69 Å². The van der Waals surface area contributed by atoms with Crippen LogP contribution in [-0.4, -0.2) is 69.1 Å². The smallest absolute Gasteiger partial charge is 0.251 e. The Bertz CT molecular complexity index is 778. The number of carbonyl (C=O) groups excluding carboxylic acids is 1. The lowest BCUT2D eigenvalue weighted by Crippen LogP contribution is -2.46. The molecule has 5 nitrogen and oxygen atoms in total. The average Bonchev–Trinajstić information content (AvgIpc) is 2.75. The van der Waals surface area contributed by atoms with Crippen molar-refractivity contribution in [2.45, 2.75) is 19.9 Å². The summed E-state index contributed by atoms with van der Waals surface area (Å²) in [6.45, 7) is 10.3. The van der Waals surface area contributed by atoms with Crippen LogP contribution in [0.15, 0.2) is 48.5 Å². The number of hydrogen-bond acceptors (Lipinski definition) is 4. The summed E-state index contributed by atoms with van der Waals surface area (Å²) in [7, 11) is 4.09. The van der Waals surface area contributed by atoms with Crippen LogP contribution in [0.2, 0.25) is 0 Å². The van der Waals surface area contributed by atoms with Crippen molar-refractivity contribution in [2.24, 2.45) is 0 Å². The van der Waals surface area contributed by atoms with Crippen molar-refractivity contribution in [1.29, 1.82) is 0 Å². The van der Waals surface area contributed by atoms with Crippen LogP contribution < -0.4 is 10.2 Å². The van der Waals surface area contributed by atoms with Gasteiger partial charge in [-0.2, -0.15) is 0 Å². The minimum atomic E-state index is -0.0219. The number of aryl methyl sites for hydroxylation is 1. The first-order valence-corrected chi connectivity index (χ1v) is 10.6. The van der Waals surface area contributed by atoms with Gasteiger partial charge in [0, 0.05) is 44.0 Å². The number of piperazine rings is 1. The molecule has 156 valence electrons. The van der Waals surface area contributed by atoms with E-state index in [2.05, 4.69) is 70.3 Å². The van der Waals surface area contributed by atoms with Gasteiger partial charge in [0.1, 0.15) is 0 Å². The lowest BCUT2D eigenvalue weighted by molar-refractivity contribution is 0.0942. The molecule has 29 heavy (non-hydrogen) atoms. The van der Waals surface area contributed by atoms with E-state index in [1.165, 1.54) is 16.8 Å². The Labute approximate surface area is 175 Å². The van der Waals surface area contributed by atoms with E-state index in [9.17, 15) is 4.79 Å². The van der Waals surface area contributed by atoms with Gasteiger partial charge in [-0.3, -0.25) is 4.79 Å². The lowest BCUT2D eigenvalue weighted by atomic mass is 10.0. The second kappa shape index (κ2) is 9.90. The minimum absolute atomic E-state index is 0.0219. The van der Waals surface area contributed by atoms with Gasteiger partial charge in [-0.1, -0.05) is 36.8 Å². The summed E-state index contributed by atoms with van der Waals surface area (Å²) in [5.74, 6) is -0.0219. The molecule has 2 aromatic rings. The van der Waals surface area contributed by atoms with Gasteiger partial charge in [0.05, 0.1) is 6.04 Å². The molecular formula is C24H34N4O. The molecule has 1 N–H and O–H groups in total. The van der Waals surface area contributed by atoms with Gasteiger partial charge < -0.3 is 20.0 Å². The zero-order valence-electron chi connectivity index (χ0n) is 18.2. The number of anilines is 1. The van der Waals surface area contributed by atoms with Crippen LogP contribution in [-0.2, 0) is 0 Å². The number of nitrogens with one attached hydrogen (secondary N) is 1. The number of rotatable bonds is 7. The van der Waals surface area contributed by atoms with Crippen molar-refractivity contribution in [3.63, 3.8) is 0 Å². The third-order valence-corrected chi connectivity index (χ3v) is 5.86. The third-order valence-electron chi connectivity index (χ3n) is 5.86. The first-order valence-electron chi connectivity index (χ1n) is 10.6. The van der Waals surface area contributed by atoms with Crippen molar-refractivity contribution < 1.29 is 4.79 Å². The van der Waals surface area contributed by atoms with Crippen LogP contribution in [0.1, 0.15) is 34.5 Å². The molecule has 2 aromatic carbocycles. The summed E-state index contributed by atoms with van der Waals surface area (Å²) >= 11 is 0. The summed E-state index contributed by atoms with van der Waals surface area (Å²) in [5, 5.41) is 3.11. The molecular weight excluding hydrogens is 360 g/mol. The van der Waals surface area contributed by atoms with Gasteiger partial charge in [0.15, 0.2) is 0 Å². The molecule has 0 aromatic heterocycles. The second-order valence-corrected chi connectivity index (χ2v) is 8.07. The summed E-state index contributed by atoms with van der Waals surface area (Å²) in [6.07, 6.45) is 0. The van der Waals surface area contributed by atoms with Crippen LogP contribution in [0.5, 0.6) is 0 Å². The van der Waals surface area contributed by atoms with E-state index < -0.39 is 0 Å². The van der Waals surface area contributed by atoms with Gasteiger partial charge in [-0.25, -0.2) is 0 Å². The molecule has 0 spiro atoms. The molecule has 1 heterocycles. The molecule has 5 heteroatoms. The fraction of sp³-hybridized carbons (Fsp3) is 0.458. The second-order valence-electron chi connectivity index (χ2n) is 8.07. The highest BCUT2D eigenvalue weighted by atomic mass is 16.1. The van der Waals surface area contributed by atoms with Crippen LogP contribution in [0.25, 0.3) is 0 Å². The summed E-state index contributed by atoms with van der Waals surface area (Å²) in [6, 6.07) is 16.7. The number of benzene rings is 2. The fourth-order valence-corrected chi connectivity index (χ4v) is 3.82. The van der Waals surface area contributed by atoms with Gasteiger partial charge in [-0.05, 0) is 57.4 Å². The number of likely N-dealkylation sites (N-methyl/N-ethyl adjacent to an activating group) is 2. The molecule has 0 bridgehead atoms. The SMILES string of the molecule is CCN1CCN(c2ccc(C(=O)NCC(c3ccc(C)cc3)N(C)C)cc2)CC1. The molecule has 3 rings (SSSR count). The summed E-state index contributed by atoms with van der Waals surface area (Å²) in [5.41, 5.74) is 4.36. The van der Waals surface area contributed by atoms with E-state index in [4.69, 9.17) is 0 Å². The Morgan fingerprint density at radius 1 is 1.00 bits per heavy atom. The van der Waals surface area contributed by atoms with E-state index in [0.717, 1.165) is 32.7 Å². The Kier molecular flexibility index (Phi) is 7.29. The fourth-order valence-electron chi connectivity index (χ4n) is 3.82. The topological polar surface area (TPSA) is 38.8 Å². The van der Waals surface area contributed by atoms with Crippen molar-refractivity contribution in [3.05, 3.63) is 65.2 Å². The normalized spacial score (nSPS) is 16.1. The van der Waals surface area contributed by atoms with E-state index in [1.807, 2.05) is 26.2 Å². The molecule has 1 fully saturated rings. The zero-order chi connectivity index (χ0) is 20.8. The molecule has 1 unspecified atom stereocenters. The quantitative estimate of drug-likeness (QED) is 0.783. The van der Waals surface area contributed by atoms with Gasteiger partial charge in [0.25, 0.3) is 5.91 Å². The minimum Gasteiger partial charge on any atom is -0.369 e. The number of amides is 1. The summed E-state index contributed by atoms with van der Waals surface area (Å²) in [4.78, 5) is 19.7. The Balaban J connectivity index is 1.58. The van der Waals surface area contributed by atoms with Crippen molar-refractivity contribution >= 4 is 11.6 Å². The molecule has 1 amide bonds. The molecule has 1 aliphatic rings. The van der Waals surface area contributed by atoms with Gasteiger partial charge in [0.2, 0.25) is 0 Å². The number of carbonyl (C=O) groups is 1. The van der Waals surface area contributed by atoms with E-state index in [-0.39, 0.29) is 11.9 Å². The standard InChI is InChI=1S/C24H34N4O/c1-5-27-14-16-28(17-15-27)22-12-10-21(11-13-22)24(29)25-18-23(26(3)4)20-8-6-19(2)7-9-20/h6-13,23H,5,14-18H2,1-4H3,(H,25,29). The predicted octanol–water partition coefficient (Wildman–Crippen LogP) is 3.17. The Morgan fingerprint density at radius 2 is 1.62 bits per heavy atom. The lowest BCUT2D eigenvalue weighted by Gasteiger charge is -2.35. The molecule has 0 aliphatic carbocycles. The van der Waals surface area contributed by atoms with Crippen molar-refractivity contribution in [3.8, 4) is 0 Å². The molecule has 1 saturated heterocycles. The highest BCUT2D eigenvalue weighted by Gasteiger charge is 2.18. The van der Waals surface area contributed by atoms with Crippen molar-refractivity contribution in [2.75, 3.05) is 58.3 Å². The largest absolute Gasteiger partial charge is 0.369 e. The van der Waals surface area contributed by atoms with Crippen LogP contribution >= 0.6 is 0 Å². The predicted molar refractivity (Wildman–Crippen MR) is 121 cm³/mol. The average molecular weight is 395 g/mol. The van der Waals surface area contributed by atoms with Gasteiger partial charge >= 0.3 is 0 Å². The highest BCUT2D eigenvalue weighted by Crippen LogP contribution is 2.19. The Morgan fingerprint density at radius 3 is 2.17 bits per heavy atom. The monoisotopic (exact) mass is 394 g/mol. The van der Waals surface area contributed by atoms with Gasteiger partial charge in [-0.15, -0.1) is 0 Å². The Hall–Kier alpha value is -2.37. The van der Waals surface area contributed by atoms with E-state index >= 15 is 0 Å². The molecule has 0 saturated carbocycles. The maximum absolute atomic E-state index is 12.7. The number of nitrogens with zero attached hydrogens (tertiary/aromatic N) is 3. The maximum Gasteiger partial charge on any atom is 0.251 e. The first kappa shape index (κ1) is 21.3. The van der Waals surface area contributed by atoms with E-state index in [1.54, 1.807) is 0 Å². The maximum atomic E-state index is 12.7. The van der Waals surface area contributed by atoms with E-state index in [0.29, 0.717) is 12.1 Å². The van der Waals surface area contributed by atoms with Crippen LogP contribution in [0.3, 0.4) is 0 Å². The molecule has 1 aliphatic heterocycles. The van der Waals surface area contributed by atoms with Crippen LogP contribution in [0, 0.1) is 6.92 Å². The third kappa shape index (κ3) is 5.58. The summed E-state index contributed by atoms with van der Waals surface area (Å²) < 4.78 is 0. The first-order chi connectivity index (χ1) is 14.0. The number of hydrogen-bond donors (Lipinski definition) is 1. The molecule has 1 atom stereocenters.